The van der Waals surface area contributed by atoms with Crippen LogP contribution < -0.4 is 5.43 Å². The number of aromatic nitrogens is 4. The van der Waals surface area contributed by atoms with Crippen LogP contribution in [0.15, 0.2) is 81.0 Å². The lowest BCUT2D eigenvalue weighted by atomic mass is 9.79. The van der Waals surface area contributed by atoms with E-state index in [2.05, 4.69) is 56.0 Å². The van der Waals surface area contributed by atoms with E-state index in [0.717, 1.165) is 43.0 Å². The Bertz CT molecular complexity index is 1220. The zero-order valence-corrected chi connectivity index (χ0v) is 24.1. The topological polar surface area (TPSA) is 91.3 Å². The first-order valence-corrected chi connectivity index (χ1v) is 14.3. The monoisotopic (exact) mass is 549 g/mol. The fourth-order valence-electron chi connectivity index (χ4n) is 5.39. The average molecular weight is 550 g/mol. The van der Waals surface area contributed by atoms with Crippen LogP contribution in [0.25, 0.3) is 5.57 Å². The van der Waals surface area contributed by atoms with Gasteiger partial charge < -0.3 is 4.74 Å². The molecule has 0 radical (unpaired) electrons. The number of tetrazole rings is 1. The smallest absolute Gasteiger partial charge is 0.204 e. The van der Waals surface area contributed by atoms with Crippen molar-refractivity contribution in [1.29, 1.82) is 0 Å². The first kappa shape index (κ1) is 28.8. The zero-order chi connectivity index (χ0) is 27.6. The molecule has 0 spiro atoms. The molecule has 0 atom stereocenters. The highest BCUT2D eigenvalue weighted by Crippen LogP contribution is 2.37. The Kier molecular flexibility index (Phi) is 10.5. The van der Waals surface area contributed by atoms with Gasteiger partial charge in [-0.15, -0.1) is 10.2 Å². The van der Waals surface area contributed by atoms with Crippen LogP contribution in [0.2, 0.25) is 0 Å². The van der Waals surface area contributed by atoms with Gasteiger partial charge >= 0.3 is 0 Å². The summed E-state index contributed by atoms with van der Waals surface area (Å²) in [7, 11) is 1.94. The third-order valence-corrected chi connectivity index (χ3v) is 7.60. The molecule has 2 heterocycles. The Hall–Kier alpha value is -3.23. The summed E-state index contributed by atoms with van der Waals surface area (Å²) >= 11 is 6.01. The highest BCUT2D eigenvalue weighted by molar-refractivity contribution is 6.29. The lowest BCUT2D eigenvalue weighted by Gasteiger charge is -2.31. The molecule has 1 fully saturated rings. The van der Waals surface area contributed by atoms with Crippen LogP contribution >= 0.6 is 11.6 Å². The predicted octanol–water partition coefficient (Wildman–Crippen LogP) is 6.90. The number of aliphatic imine (C=N–C) groups is 1. The molecule has 2 N–H and O–H groups in total. The van der Waals surface area contributed by atoms with Gasteiger partial charge in [-0.05, 0) is 98.1 Å². The third-order valence-electron chi connectivity index (χ3n) is 7.48. The summed E-state index contributed by atoms with van der Waals surface area (Å²) in [5.41, 5.74) is 8.29. The normalized spacial score (nSPS) is 24.3. The maximum atomic E-state index is 6.21. The summed E-state index contributed by atoms with van der Waals surface area (Å²) in [4.78, 5) is 5.02. The van der Waals surface area contributed by atoms with E-state index in [4.69, 9.17) is 21.3 Å². The first-order valence-electron chi connectivity index (χ1n) is 13.9. The van der Waals surface area contributed by atoms with Gasteiger partial charge in [-0.3, -0.25) is 5.01 Å². The molecule has 9 heteroatoms. The molecule has 4 rings (SSSR count). The van der Waals surface area contributed by atoms with Gasteiger partial charge in [0, 0.05) is 30.3 Å². The molecule has 0 amide bonds. The van der Waals surface area contributed by atoms with E-state index >= 15 is 0 Å². The molecule has 1 aromatic heterocycles. The van der Waals surface area contributed by atoms with E-state index < -0.39 is 0 Å². The largest absolute Gasteiger partial charge is 0.462 e. The van der Waals surface area contributed by atoms with Gasteiger partial charge in [-0.2, -0.15) is 5.21 Å². The Balaban J connectivity index is 1.70. The molecule has 8 nitrogen and oxygen atoms in total. The van der Waals surface area contributed by atoms with Gasteiger partial charge in [0.1, 0.15) is 17.3 Å². The molecule has 1 saturated carbocycles. The van der Waals surface area contributed by atoms with Crippen molar-refractivity contribution >= 4 is 23.4 Å². The first-order chi connectivity index (χ1) is 19.0. The van der Waals surface area contributed by atoms with E-state index in [9.17, 15) is 0 Å². The van der Waals surface area contributed by atoms with E-state index in [-0.39, 0.29) is 0 Å². The highest BCUT2D eigenvalue weighted by Gasteiger charge is 2.28. The summed E-state index contributed by atoms with van der Waals surface area (Å²) in [5.74, 6) is 3.51. The SMILES string of the molecule is C=C/C(=C\C=C(/C)Cl)O/C1=C/CCC/C(C2=C(C3CCCCC3)CN(NC)/C(=C(\C)c3nn[nH]n3)N=C2)=C\C1. The summed E-state index contributed by atoms with van der Waals surface area (Å²) in [5, 5.41) is 17.5. The van der Waals surface area contributed by atoms with Crippen molar-refractivity contribution in [3.8, 4) is 0 Å². The maximum Gasteiger partial charge on any atom is 0.204 e. The number of aromatic amines is 1. The maximum absolute atomic E-state index is 6.21. The fraction of sp³-hybridized carbons (Fsp3) is 0.467. The van der Waals surface area contributed by atoms with Gasteiger partial charge in [0.2, 0.25) is 5.82 Å². The number of allylic oxidation sites excluding steroid dienone is 9. The summed E-state index contributed by atoms with van der Waals surface area (Å²) < 4.78 is 6.21. The van der Waals surface area contributed by atoms with Crippen molar-refractivity contribution in [3.63, 3.8) is 0 Å². The van der Waals surface area contributed by atoms with Crippen LogP contribution in [0.5, 0.6) is 0 Å². The molecule has 0 unspecified atom stereocenters. The summed E-state index contributed by atoms with van der Waals surface area (Å²) in [6, 6.07) is 0. The summed E-state index contributed by atoms with van der Waals surface area (Å²) in [6.07, 6.45) is 22.0. The zero-order valence-electron chi connectivity index (χ0n) is 23.3. The van der Waals surface area contributed by atoms with Crippen molar-refractivity contribution in [2.75, 3.05) is 13.6 Å². The lowest BCUT2D eigenvalue weighted by molar-refractivity contribution is 0.273. The number of rotatable bonds is 8. The second-order valence-electron chi connectivity index (χ2n) is 10.2. The molecule has 39 heavy (non-hydrogen) atoms. The molecule has 0 aromatic carbocycles. The number of nitrogens with zero attached hydrogens (tertiary/aromatic N) is 5. The van der Waals surface area contributed by atoms with Gasteiger partial charge in [-0.1, -0.05) is 43.5 Å². The van der Waals surface area contributed by atoms with Gasteiger partial charge in [0.05, 0.1) is 6.54 Å². The number of ether oxygens (including phenoxy) is 1. The van der Waals surface area contributed by atoms with Crippen molar-refractivity contribution in [2.24, 2.45) is 10.9 Å². The number of nitrogens with one attached hydrogen (secondary N) is 2. The van der Waals surface area contributed by atoms with Crippen LogP contribution in [0.1, 0.15) is 77.5 Å². The summed E-state index contributed by atoms with van der Waals surface area (Å²) in [6.45, 7) is 8.48. The molecular formula is C30H40ClN7O. The van der Waals surface area contributed by atoms with Crippen LogP contribution in [-0.2, 0) is 4.74 Å². The van der Waals surface area contributed by atoms with Crippen LogP contribution in [0, 0.1) is 5.92 Å². The second kappa shape index (κ2) is 14.2. The Morgan fingerprint density at radius 2 is 2.00 bits per heavy atom. The Morgan fingerprint density at radius 3 is 2.69 bits per heavy atom. The lowest BCUT2D eigenvalue weighted by Crippen LogP contribution is -2.37. The van der Waals surface area contributed by atoms with Crippen molar-refractivity contribution in [3.05, 3.63) is 81.9 Å². The highest BCUT2D eigenvalue weighted by atomic mass is 35.5. The minimum atomic E-state index is 0.541. The molecule has 208 valence electrons. The molecule has 3 aliphatic rings. The van der Waals surface area contributed by atoms with E-state index in [1.54, 1.807) is 6.08 Å². The number of hydrogen-bond acceptors (Lipinski definition) is 7. The molecule has 0 bridgehead atoms. The standard InChI is InChI=1S/C30H40ClN7O/c1-5-25(17-15-21(2)31)39-26-14-10-9-13-24(16-18-26)27-19-33-30(22(3)29-34-36-37-35-29)38(32-4)20-28(27)23-11-7-6-8-12-23/h5,14-17,19,23,32H,1,6-13,18,20H2,2-4H3,(H,34,35,36,37)/b21-15+,24-16+,25-17+,26-14+,30-22+. The minimum Gasteiger partial charge on any atom is -0.462 e. The van der Waals surface area contributed by atoms with Crippen molar-refractivity contribution in [2.45, 2.75) is 71.6 Å². The average Bonchev–Trinajstić information content (AvgIpc) is 3.41. The van der Waals surface area contributed by atoms with Crippen molar-refractivity contribution < 1.29 is 4.74 Å². The molecule has 1 aromatic rings. The number of H-pyrrole nitrogens is 1. The number of hydrogen-bond donors (Lipinski definition) is 2. The molecule has 2 aliphatic carbocycles. The van der Waals surface area contributed by atoms with Crippen LogP contribution in [0.3, 0.4) is 0 Å². The van der Waals surface area contributed by atoms with E-state index in [1.165, 1.54) is 48.8 Å². The Labute approximate surface area is 237 Å². The van der Waals surface area contributed by atoms with Crippen LogP contribution in [0.4, 0.5) is 0 Å². The quantitative estimate of drug-likeness (QED) is 0.271. The van der Waals surface area contributed by atoms with Gasteiger partial charge in [-0.25, -0.2) is 10.4 Å². The van der Waals surface area contributed by atoms with Gasteiger partial charge in [0.15, 0.2) is 0 Å². The predicted molar refractivity (Wildman–Crippen MR) is 158 cm³/mol. The second-order valence-corrected chi connectivity index (χ2v) is 10.7. The van der Waals surface area contributed by atoms with E-state index in [1.807, 2.05) is 33.0 Å². The third kappa shape index (κ3) is 7.67. The van der Waals surface area contributed by atoms with Crippen LogP contribution in [-0.4, -0.2) is 45.4 Å². The Morgan fingerprint density at radius 1 is 1.18 bits per heavy atom. The fourth-order valence-corrected chi connectivity index (χ4v) is 5.45. The molecule has 1 aliphatic heterocycles. The van der Waals surface area contributed by atoms with Gasteiger partial charge in [0.25, 0.3) is 0 Å². The number of hydrazine groups is 1. The van der Waals surface area contributed by atoms with E-state index in [0.29, 0.717) is 29.0 Å². The van der Waals surface area contributed by atoms with Crippen molar-refractivity contribution in [1.82, 2.24) is 31.1 Å². The minimum absolute atomic E-state index is 0.541. The molecular weight excluding hydrogens is 510 g/mol. The molecule has 0 saturated heterocycles. The number of halogens is 1.